The number of amides is 1. The number of rotatable bonds is 1. The van der Waals surface area contributed by atoms with Crippen molar-refractivity contribution in [1.29, 1.82) is 0 Å². The van der Waals surface area contributed by atoms with E-state index in [1.54, 1.807) is 4.57 Å². The molecule has 0 atom stereocenters. The number of carbonyl (C=O) groups excluding carboxylic acids is 2. The van der Waals surface area contributed by atoms with Gasteiger partial charge in [0.05, 0.1) is 11.3 Å². The van der Waals surface area contributed by atoms with Crippen LogP contribution in [0.2, 0.25) is 0 Å². The first kappa shape index (κ1) is 9.96. The summed E-state index contributed by atoms with van der Waals surface area (Å²) >= 11 is 0. The van der Waals surface area contributed by atoms with Crippen molar-refractivity contribution in [2.75, 3.05) is 0 Å². The fourth-order valence-corrected chi connectivity index (χ4v) is 2.34. The summed E-state index contributed by atoms with van der Waals surface area (Å²) in [5, 5.41) is 0. The van der Waals surface area contributed by atoms with Crippen LogP contribution < -0.4 is 5.73 Å². The number of carbonyl (C=O) groups is 2. The van der Waals surface area contributed by atoms with Gasteiger partial charge in [0.2, 0.25) is 0 Å². The molecule has 0 saturated carbocycles. The monoisotopic (exact) mass is 206 g/mol. The first-order chi connectivity index (χ1) is 7.04. The summed E-state index contributed by atoms with van der Waals surface area (Å²) in [7, 11) is 1.81. The van der Waals surface area contributed by atoms with Crippen LogP contribution in [0.15, 0.2) is 0 Å². The Morgan fingerprint density at radius 2 is 2.07 bits per heavy atom. The van der Waals surface area contributed by atoms with Gasteiger partial charge in [-0.05, 0) is 25.3 Å². The minimum Gasteiger partial charge on any atom is -0.366 e. The van der Waals surface area contributed by atoms with Crippen molar-refractivity contribution in [2.24, 2.45) is 12.8 Å². The fourth-order valence-electron chi connectivity index (χ4n) is 2.34. The van der Waals surface area contributed by atoms with E-state index < -0.39 is 5.91 Å². The molecular weight excluding hydrogens is 192 g/mol. The topological polar surface area (TPSA) is 65.1 Å². The molecule has 0 radical (unpaired) electrons. The molecule has 1 aliphatic carbocycles. The minimum atomic E-state index is -0.431. The zero-order valence-corrected chi connectivity index (χ0v) is 8.96. The van der Waals surface area contributed by atoms with Gasteiger partial charge in [-0.3, -0.25) is 9.59 Å². The molecule has 0 spiro atoms. The van der Waals surface area contributed by atoms with Gasteiger partial charge in [0.1, 0.15) is 0 Å². The number of nitrogens with two attached hydrogens (primary N) is 1. The molecule has 0 aromatic carbocycles. The maximum Gasteiger partial charge on any atom is 0.250 e. The Morgan fingerprint density at radius 1 is 1.40 bits per heavy atom. The number of hydrogen-bond donors (Lipinski definition) is 1. The van der Waals surface area contributed by atoms with Crippen LogP contribution >= 0.6 is 0 Å². The third-order valence-electron chi connectivity index (χ3n) is 3.13. The van der Waals surface area contributed by atoms with Gasteiger partial charge >= 0.3 is 0 Å². The van der Waals surface area contributed by atoms with E-state index in [2.05, 4.69) is 0 Å². The fraction of sp³-hybridized carbons (Fsp3) is 0.455. The number of Topliss-reactive ketones (excluding diaryl/α,β-unsaturated/α-hetero) is 1. The van der Waals surface area contributed by atoms with Gasteiger partial charge in [-0.1, -0.05) is 0 Å². The molecule has 4 nitrogen and oxygen atoms in total. The second-order valence-corrected chi connectivity index (χ2v) is 3.99. The molecule has 0 unspecified atom stereocenters. The first-order valence-electron chi connectivity index (χ1n) is 5.05. The van der Waals surface area contributed by atoms with E-state index in [9.17, 15) is 9.59 Å². The average molecular weight is 206 g/mol. The standard InChI is InChI=1S/C11H14N2O2/c1-6-9(11(12)15)7-4-3-5-8(14)10(7)13(6)2/h3-5H2,1-2H3,(H2,12,15). The zero-order valence-electron chi connectivity index (χ0n) is 8.96. The second-order valence-electron chi connectivity index (χ2n) is 3.99. The summed E-state index contributed by atoms with van der Waals surface area (Å²) in [5.41, 5.74) is 8.19. The van der Waals surface area contributed by atoms with Gasteiger partial charge in [-0.15, -0.1) is 0 Å². The molecule has 1 heterocycles. The molecule has 0 aliphatic heterocycles. The molecule has 2 N–H and O–H groups in total. The Labute approximate surface area is 88.1 Å². The lowest BCUT2D eigenvalue weighted by molar-refractivity contribution is 0.0964. The first-order valence-corrected chi connectivity index (χ1v) is 5.05. The number of primary amides is 1. The highest BCUT2D eigenvalue weighted by atomic mass is 16.1. The van der Waals surface area contributed by atoms with Crippen molar-refractivity contribution >= 4 is 11.7 Å². The average Bonchev–Trinajstić information content (AvgIpc) is 2.41. The summed E-state index contributed by atoms with van der Waals surface area (Å²) in [6.45, 7) is 1.83. The Kier molecular flexibility index (Phi) is 2.14. The molecule has 1 aromatic heterocycles. The smallest absolute Gasteiger partial charge is 0.250 e. The third kappa shape index (κ3) is 1.28. The summed E-state index contributed by atoms with van der Waals surface area (Å²) in [6, 6.07) is 0. The van der Waals surface area contributed by atoms with Crippen LogP contribution in [-0.4, -0.2) is 16.3 Å². The zero-order chi connectivity index (χ0) is 11.2. The van der Waals surface area contributed by atoms with Gasteiger partial charge in [-0.25, -0.2) is 0 Å². The van der Waals surface area contributed by atoms with Crippen LogP contribution in [0.5, 0.6) is 0 Å². The van der Waals surface area contributed by atoms with Crippen molar-refractivity contribution < 1.29 is 9.59 Å². The van der Waals surface area contributed by atoms with Crippen molar-refractivity contribution in [1.82, 2.24) is 4.57 Å². The van der Waals surface area contributed by atoms with E-state index >= 15 is 0 Å². The predicted molar refractivity (Wildman–Crippen MR) is 55.9 cm³/mol. The molecule has 2 rings (SSSR count). The Morgan fingerprint density at radius 3 is 2.67 bits per heavy atom. The van der Waals surface area contributed by atoms with Crippen LogP contribution in [0, 0.1) is 6.92 Å². The van der Waals surface area contributed by atoms with Crippen LogP contribution in [0.1, 0.15) is 44.9 Å². The number of ketones is 1. The van der Waals surface area contributed by atoms with E-state index in [1.165, 1.54) is 0 Å². The second kappa shape index (κ2) is 3.22. The van der Waals surface area contributed by atoms with E-state index in [0.717, 1.165) is 24.1 Å². The summed E-state index contributed by atoms with van der Waals surface area (Å²) in [4.78, 5) is 23.0. The molecule has 0 fully saturated rings. The molecule has 80 valence electrons. The Hall–Kier alpha value is -1.58. The summed E-state index contributed by atoms with van der Waals surface area (Å²) in [5.74, 6) is -0.312. The van der Waals surface area contributed by atoms with Crippen LogP contribution in [-0.2, 0) is 13.5 Å². The van der Waals surface area contributed by atoms with E-state index in [0.29, 0.717) is 17.7 Å². The van der Waals surface area contributed by atoms with Gasteiger partial charge in [-0.2, -0.15) is 0 Å². The SMILES string of the molecule is Cc1c(C(N)=O)c2c(n1C)C(=O)CCC2. The molecule has 15 heavy (non-hydrogen) atoms. The number of nitrogens with zero attached hydrogens (tertiary/aromatic N) is 1. The molecule has 1 aliphatic rings. The molecule has 0 bridgehead atoms. The molecule has 4 heteroatoms. The predicted octanol–water partition coefficient (Wildman–Crippen LogP) is 0.951. The minimum absolute atomic E-state index is 0.120. The maximum absolute atomic E-state index is 11.7. The van der Waals surface area contributed by atoms with Crippen LogP contribution in [0.25, 0.3) is 0 Å². The highest BCUT2D eigenvalue weighted by Crippen LogP contribution is 2.28. The van der Waals surface area contributed by atoms with Crippen molar-refractivity contribution in [3.05, 3.63) is 22.5 Å². The Balaban J connectivity index is 2.74. The van der Waals surface area contributed by atoms with Crippen LogP contribution in [0.3, 0.4) is 0 Å². The number of hydrogen-bond acceptors (Lipinski definition) is 2. The molecule has 1 amide bonds. The van der Waals surface area contributed by atoms with Gasteiger partial charge in [0, 0.05) is 19.2 Å². The van der Waals surface area contributed by atoms with Crippen LogP contribution in [0.4, 0.5) is 0 Å². The summed E-state index contributed by atoms with van der Waals surface area (Å²) in [6.07, 6.45) is 2.17. The summed E-state index contributed by atoms with van der Waals surface area (Å²) < 4.78 is 1.79. The Bertz CT molecular complexity index is 438. The highest BCUT2D eigenvalue weighted by Gasteiger charge is 2.28. The molecule has 0 saturated heterocycles. The largest absolute Gasteiger partial charge is 0.366 e. The van der Waals surface area contributed by atoms with E-state index in [-0.39, 0.29) is 5.78 Å². The lowest BCUT2D eigenvalue weighted by Crippen LogP contribution is -2.17. The van der Waals surface area contributed by atoms with E-state index in [1.807, 2.05) is 14.0 Å². The lowest BCUT2D eigenvalue weighted by atomic mass is 9.93. The van der Waals surface area contributed by atoms with Crippen molar-refractivity contribution in [3.63, 3.8) is 0 Å². The maximum atomic E-state index is 11.7. The number of aromatic nitrogens is 1. The number of fused-ring (bicyclic) bond motifs is 1. The van der Waals surface area contributed by atoms with E-state index in [4.69, 9.17) is 5.73 Å². The van der Waals surface area contributed by atoms with Gasteiger partial charge in [0.25, 0.3) is 5.91 Å². The quantitative estimate of drug-likeness (QED) is 0.743. The highest BCUT2D eigenvalue weighted by molar-refractivity contribution is 6.04. The third-order valence-corrected chi connectivity index (χ3v) is 3.13. The molecular formula is C11H14N2O2. The molecule has 1 aromatic rings. The van der Waals surface area contributed by atoms with Gasteiger partial charge < -0.3 is 10.3 Å². The van der Waals surface area contributed by atoms with Crippen molar-refractivity contribution in [3.8, 4) is 0 Å². The van der Waals surface area contributed by atoms with Crippen molar-refractivity contribution in [2.45, 2.75) is 26.2 Å². The normalized spacial score (nSPS) is 15.2. The lowest BCUT2D eigenvalue weighted by Gasteiger charge is -2.12. The van der Waals surface area contributed by atoms with Gasteiger partial charge in [0.15, 0.2) is 5.78 Å².